The van der Waals surface area contributed by atoms with Crippen molar-refractivity contribution < 1.29 is 54.0 Å². The van der Waals surface area contributed by atoms with Gasteiger partial charge in [0, 0.05) is 23.3 Å². The third-order valence-corrected chi connectivity index (χ3v) is 5.93. The van der Waals surface area contributed by atoms with Gasteiger partial charge in [-0.2, -0.15) is 0 Å². The number of phenolic OH excluding ortho intramolecular Hbond substituents is 2. The second-order valence-corrected chi connectivity index (χ2v) is 8.17. The molecule has 0 radical (unpaired) electrons. The molecule has 12 heteroatoms. The molecule has 194 valence electrons. The zero-order valence-corrected chi connectivity index (χ0v) is 19.3. The molecule has 0 bridgehead atoms. The Labute approximate surface area is 204 Å². The van der Waals surface area contributed by atoms with Gasteiger partial charge in [0.25, 0.3) is 0 Å². The molecule has 2 heterocycles. The fraction of sp³-hybridized carbons (Fsp3) is 0.375. The van der Waals surface area contributed by atoms with Crippen molar-refractivity contribution in [3.63, 3.8) is 0 Å². The van der Waals surface area contributed by atoms with E-state index in [0.29, 0.717) is 0 Å². The number of phenols is 2. The van der Waals surface area contributed by atoms with E-state index in [1.807, 2.05) is 0 Å². The third-order valence-electron chi connectivity index (χ3n) is 5.93. The predicted octanol–water partition coefficient (Wildman–Crippen LogP) is 0.205. The molecule has 1 aliphatic heterocycles. The number of aliphatic hydroxyl groups is 4. The van der Waals surface area contributed by atoms with Crippen LogP contribution in [0.4, 0.5) is 0 Å². The molecule has 12 nitrogen and oxygen atoms in total. The molecule has 0 amide bonds. The number of hydrogen-bond acceptors (Lipinski definition) is 12. The first-order chi connectivity index (χ1) is 17.2. The first kappa shape index (κ1) is 25.7. The van der Waals surface area contributed by atoms with Crippen LogP contribution >= 0.6 is 0 Å². The summed E-state index contributed by atoms with van der Waals surface area (Å²) in [5, 5.41) is 59.7. The number of benzene rings is 2. The quantitative estimate of drug-likeness (QED) is 0.256. The fourth-order valence-corrected chi connectivity index (χ4v) is 3.99. The molecule has 2 aromatic carbocycles. The summed E-state index contributed by atoms with van der Waals surface area (Å²) in [6.45, 7) is -0.869. The van der Waals surface area contributed by atoms with Gasteiger partial charge in [-0.3, -0.25) is 4.79 Å². The van der Waals surface area contributed by atoms with Crippen molar-refractivity contribution in [3.05, 3.63) is 46.1 Å². The van der Waals surface area contributed by atoms with Gasteiger partial charge < -0.3 is 54.0 Å². The average Bonchev–Trinajstić information content (AvgIpc) is 2.86. The number of methoxy groups -OCH3 is 2. The molecule has 1 aliphatic rings. The zero-order valence-electron chi connectivity index (χ0n) is 19.3. The van der Waals surface area contributed by atoms with Gasteiger partial charge in [-0.1, -0.05) is 12.1 Å². The average molecular weight is 506 g/mol. The van der Waals surface area contributed by atoms with E-state index in [4.69, 9.17) is 23.4 Å². The van der Waals surface area contributed by atoms with Gasteiger partial charge in [0.1, 0.15) is 52.6 Å². The van der Waals surface area contributed by atoms with Crippen LogP contribution in [0.5, 0.6) is 23.0 Å². The highest BCUT2D eigenvalue weighted by Gasteiger charge is 2.44. The smallest absolute Gasteiger partial charge is 0.239 e. The van der Waals surface area contributed by atoms with Gasteiger partial charge >= 0.3 is 0 Å². The highest BCUT2D eigenvalue weighted by Crippen LogP contribution is 2.37. The topological polar surface area (TPSA) is 189 Å². The van der Waals surface area contributed by atoms with Gasteiger partial charge in [-0.15, -0.1) is 0 Å². The zero-order chi connectivity index (χ0) is 26.1. The summed E-state index contributed by atoms with van der Waals surface area (Å²) in [5.74, 6) is -0.472. The van der Waals surface area contributed by atoms with E-state index in [2.05, 4.69) is 0 Å². The van der Waals surface area contributed by atoms with Gasteiger partial charge in [0.05, 0.1) is 27.4 Å². The van der Waals surface area contributed by atoms with Crippen molar-refractivity contribution in [2.24, 2.45) is 0 Å². The number of ether oxygens (including phenoxy) is 4. The molecule has 5 atom stereocenters. The minimum atomic E-state index is -1.60. The molecule has 36 heavy (non-hydrogen) atoms. The van der Waals surface area contributed by atoms with E-state index in [1.54, 1.807) is 0 Å². The maximum absolute atomic E-state index is 13.1. The summed E-state index contributed by atoms with van der Waals surface area (Å²) in [5.41, 5.74) is 0.0432. The Kier molecular flexibility index (Phi) is 7.36. The molecular formula is C24H26O12. The van der Waals surface area contributed by atoms with Crippen LogP contribution in [0.25, 0.3) is 22.3 Å². The van der Waals surface area contributed by atoms with E-state index in [-0.39, 0.29) is 57.5 Å². The molecule has 1 fully saturated rings. The predicted molar refractivity (Wildman–Crippen MR) is 123 cm³/mol. The summed E-state index contributed by atoms with van der Waals surface area (Å²) >= 11 is 0. The molecule has 0 spiro atoms. The SMILES string of the molecule is COc1c(-c2ccc(CO[C@@H]3O[C@H](CO)[C@@H](O)[C@H](O)[C@H]3O)c(O)c2)oc2cc(O)cc(OC)c2c1=O. The molecule has 3 aromatic rings. The summed E-state index contributed by atoms with van der Waals surface area (Å²) in [6.07, 6.45) is -7.22. The van der Waals surface area contributed by atoms with Gasteiger partial charge in [0.15, 0.2) is 12.1 Å². The van der Waals surface area contributed by atoms with Gasteiger partial charge in [-0.25, -0.2) is 0 Å². The Morgan fingerprint density at radius 2 is 1.72 bits per heavy atom. The van der Waals surface area contributed by atoms with Gasteiger partial charge in [-0.05, 0) is 6.07 Å². The van der Waals surface area contributed by atoms with E-state index in [1.165, 1.54) is 44.6 Å². The second kappa shape index (κ2) is 10.3. The van der Waals surface area contributed by atoms with Crippen molar-refractivity contribution in [1.29, 1.82) is 0 Å². The lowest BCUT2D eigenvalue weighted by molar-refractivity contribution is -0.304. The van der Waals surface area contributed by atoms with Crippen molar-refractivity contribution in [3.8, 4) is 34.3 Å². The molecule has 6 N–H and O–H groups in total. The Morgan fingerprint density at radius 3 is 2.36 bits per heavy atom. The number of hydrogen-bond donors (Lipinski definition) is 6. The molecule has 0 aliphatic carbocycles. The molecule has 0 saturated carbocycles. The third kappa shape index (κ3) is 4.57. The van der Waals surface area contributed by atoms with Crippen LogP contribution in [0.2, 0.25) is 0 Å². The largest absolute Gasteiger partial charge is 0.508 e. The lowest BCUT2D eigenvalue weighted by Crippen LogP contribution is -2.59. The van der Waals surface area contributed by atoms with Crippen molar-refractivity contribution in [2.45, 2.75) is 37.3 Å². The van der Waals surface area contributed by atoms with E-state index >= 15 is 0 Å². The maximum atomic E-state index is 13.1. The number of aromatic hydroxyl groups is 2. The highest BCUT2D eigenvalue weighted by molar-refractivity contribution is 5.88. The normalized spacial score (nSPS) is 24.1. The van der Waals surface area contributed by atoms with Crippen LogP contribution < -0.4 is 14.9 Å². The van der Waals surface area contributed by atoms with E-state index < -0.39 is 42.7 Å². The lowest BCUT2D eigenvalue weighted by atomic mass is 9.99. The van der Waals surface area contributed by atoms with Crippen LogP contribution in [0, 0.1) is 0 Å². The highest BCUT2D eigenvalue weighted by atomic mass is 16.7. The van der Waals surface area contributed by atoms with Crippen LogP contribution in [-0.2, 0) is 16.1 Å². The summed E-state index contributed by atoms with van der Waals surface area (Å²) < 4.78 is 27.1. The summed E-state index contributed by atoms with van der Waals surface area (Å²) in [4.78, 5) is 13.1. The van der Waals surface area contributed by atoms with Gasteiger partial charge in [0.2, 0.25) is 11.2 Å². The lowest BCUT2D eigenvalue weighted by Gasteiger charge is -2.39. The Morgan fingerprint density at radius 1 is 0.972 bits per heavy atom. The van der Waals surface area contributed by atoms with Crippen molar-refractivity contribution in [1.82, 2.24) is 0 Å². The van der Waals surface area contributed by atoms with Crippen molar-refractivity contribution >= 4 is 11.0 Å². The first-order valence-electron chi connectivity index (χ1n) is 10.9. The summed E-state index contributed by atoms with van der Waals surface area (Å²) in [7, 11) is 2.63. The van der Waals surface area contributed by atoms with Crippen LogP contribution in [0.15, 0.2) is 39.5 Å². The fourth-order valence-electron chi connectivity index (χ4n) is 3.99. The minimum absolute atomic E-state index is 0.000597. The Hall–Kier alpha value is -3.39. The molecular weight excluding hydrogens is 480 g/mol. The molecule has 1 aromatic heterocycles. The standard InChI is InChI=1S/C24H26O12/c1-32-14-6-12(26)7-15-17(14)19(29)23(33-2)22(35-15)10-3-4-11(13(27)5-10)9-34-24-21(31)20(30)18(28)16(8-25)36-24/h3-7,16,18,20-21,24-28,30-31H,8-9H2,1-2H3/t16-,18-,20+,21-,24-/m1/s1. The molecule has 4 rings (SSSR count). The van der Waals surface area contributed by atoms with E-state index in [0.717, 1.165) is 0 Å². The monoisotopic (exact) mass is 506 g/mol. The van der Waals surface area contributed by atoms with Crippen molar-refractivity contribution in [2.75, 3.05) is 20.8 Å². The number of aliphatic hydroxyl groups excluding tert-OH is 4. The minimum Gasteiger partial charge on any atom is -0.508 e. The number of fused-ring (bicyclic) bond motifs is 1. The van der Waals surface area contributed by atoms with E-state index in [9.17, 15) is 35.4 Å². The number of rotatable bonds is 7. The molecule has 0 unspecified atom stereocenters. The first-order valence-corrected chi connectivity index (χ1v) is 10.9. The van der Waals surface area contributed by atoms with Crippen LogP contribution in [0.1, 0.15) is 5.56 Å². The Bertz CT molecular complexity index is 1300. The molecule has 1 saturated heterocycles. The second-order valence-electron chi connectivity index (χ2n) is 8.17. The van der Waals surface area contributed by atoms with Crippen LogP contribution in [0.3, 0.4) is 0 Å². The maximum Gasteiger partial charge on any atom is 0.239 e. The Balaban J connectivity index is 1.63. The van der Waals surface area contributed by atoms with Crippen LogP contribution in [-0.4, -0.2) is 82.2 Å². The summed E-state index contributed by atoms with van der Waals surface area (Å²) in [6, 6.07) is 6.83.